The molecule has 0 radical (unpaired) electrons. The van der Waals surface area contributed by atoms with Crippen LogP contribution in [-0.2, 0) is 0 Å². The summed E-state index contributed by atoms with van der Waals surface area (Å²) < 4.78 is 22.0. The van der Waals surface area contributed by atoms with Gasteiger partial charge in [-0.25, -0.2) is 0 Å². The molecular weight excluding hydrogens is 178 g/mol. The van der Waals surface area contributed by atoms with E-state index in [2.05, 4.69) is 15.9 Å². The standard InChI is InChI=1S/C7H8BrN/c1-5-2-3-7(9)6(8)4-5/h2-4H,9H2,1H3/i1D3. The van der Waals surface area contributed by atoms with E-state index < -0.39 is 6.85 Å². The summed E-state index contributed by atoms with van der Waals surface area (Å²) in [6, 6.07) is 4.60. The lowest BCUT2D eigenvalue weighted by atomic mass is 10.2. The average molecular weight is 189 g/mol. The van der Waals surface area contributed by atoms with Crippen molar-refractivity contribution in [3.8, 4) is 0 Å². The van der Waals surface area contributed by atoms with E-state index in [-0.39, 0.29) is 0 Å². The molecule has 0 heterocycles. The number of rotatable bonds is 0. The van der Waals surface area contributed by atoms with Crippen molar-refractivity contribution in [2.24, 2.45) is 0 Å². The maximum absolute atomic E-state index is 7.11. The second kappa shape index (κ2) is 2.40. The lowest BCUT2D eigenvalue weighted by Gasteiger charge is -1.96. The number of anilines is 1. The molecule has 2 N–H and O–H groups in total. The Hall–Kier alpha value is -0.500. The van der Waals surface area contributed by atoms with Gasteiger partial charge in [0.25, 0.3) is 0 Å². The minimum Gasteiger partial charge on any atom is -0.398 e. The van der Waals surface area contributed by atoms with E-state index in [9.17, 15) is 0 Å². The minimum atomic E-state index is -2.06. The number of halogens is 1. The van der Waals surface area contributed by atoms with Crippen LogP contribution in [0.25, 0.3) is 0 Å². The van der Waals surface area contributed by atoms with E-state index in [1.807, 2.05) is 0 Å². The molecule has 0 unspecified atom stereocenters. The third-order valence-electron chi connectivity index (χ3n) is 1.00. The van der Waals surface area contributed by atoms with Crippen molar-refractivity contribution in [3.63, 3.8) is 0 Å². The van der Waals surface area contributed by atoms with Crippen LogP contribution in [0.2, 0.25) is 0 Å². The molecule has 1 rings (SSSR count). The highest BCUT2D eigenvalue weighted by Crippen LogP contribution is 2.19. The fraction of sp³-hybridized carbons (Fsp3) is 0.143. The SMILES string of the molecule is [2H]C([2H])([2H])c1ccc(N)c(Br)c1. The summed E-state index contributed by atoms with van der Waals surface area (Å²) in [5.74, 6) is 0. The van der Waals surface area contributed by atoms with Gasteiger partial charge in [-0.05, 0) is 40.5 Å². The van der Waals surface area contributed by atoms with Gasteiger partial charge in [0.15, 0.2) is 0 Å². The highest BCUT2D eigenvalue weighted by molar-refractivity contribution is 9.10. The molecule has 2 heteroatoms. The molecule has 9 heavy (non-hydrogen) atoms. The Morgan fingerprint density at radius 2 is 2.44 bits per heavy atom. The maximum Gasteiger partial charge on any atom is 0.0458 e. The summed E-state index contributed by atoms with van der Waals surface area (Å²) in [6.45, 7) is -2.06. The Labute approximate surface area is 67.2 Å². The quantitative estimate of drug-likeness (QED) is 0.622. The molecule has 0 aliphatic heterocycles. The van der Waals surface area contributed by atoms with Crippen LogP contribution in [0.4, 0.5) is 5.69 Å². The molecule has 0 saturated carbocycles. The van der Waals surface area contributed by atoms with Crippen molar-refractivity contribution in [3.05, 3.63) is 28.2 Å². The summed E-state index contributed by atoms with van der Waals surface area (Å²) in [5, 5.41) is 0. The molecule has 0 atom stereocenters. The van der Waals surface area contributed by atoms with Crippen molar-refractivity contribution < 1.29 is 4.11 Å². The van der Waals surface area contributed by atoms with Gasteiger partial charge in [-0.1, -0.05) is 6.07 Å². The third kappa shape index (κ3) is 1.45. The van der Waals surface area contributed by atoms with Crippen LogP contribution in [0, 0.1) is 6.85 Å². The number of aryl methyl sites for hydroxylation is 1. The highest BCUT2D eigenvalue weighted by atomic mass is 79.9. The van der Waals surface area contributed by atoms with Crippen molar-refractivity contribution in [2.75, 3.05) is 5.73 Å². The first-order chi connectivity index (χ1) is 5.41. The maximum atomic E-state index is 7.11. The van der Waals surface area contributed by atoms with Crippen LogP contribution in [0.3, 0.4) is 0 Å². The molecule has 1 nitrogen and oxygen atoms in total. The minimum absolute atomic E-state index is 0.295. The lowest BCUT2D eigenvalue weighted by molar-refractivity contribution is 1.45. The first-order valence-electron chi connectivity index (χ1n) is 3.97. The van der Waals surface area contributed by atoms with Crippen LogP contribution in [-0.4, -0.2) is 0 Å². The molecule has 0 spiro atoms. The molecule has 0 aliphatic rings. The molecular formula is C7H8BrN. The first kappa shape index (κ1) is 3.62. The summed E-state index contributed by atoms with van der Waals surface area (Å²) in [7, 11) is 0. The van der Waals surface area contributed by atoms with Gasteiger partial charge in [-0.3, -0.25) is 0 Å². The molecule has 0 aliphatic carbocycles. The Balaban J connectivity index is 3.14. The second-order valence-electron chi connectivity index (χ2n) is 1.74. The van der Waals surface area contributed by atoms with Gasteiger partial charge in [-0.15, -0.1) is 0 Å². The number of benzene rings is 1. The van der Waals surface area contributed by atoms with E-state index in [0.29, 0.717) is 15.7 Å². The molecule has 0 bridgehead atoms. The van der Waals surface area contributed by atoms with Gasteiger partial charge < -0.3 is 5.73 Å². The Morgan fingerprint density at radius 3 is 3.00 bits per heavy atom. The smallest absolute Gasteiger partial charge is 0.0458 e. The summed E-state index contributed by atoms with van der Waals surface area (Å²) in [5.41, 5.74) is 6.34. The fourth-order valence-electron chi connectivity index (χ4n) is 0.527. The second-order valence-corrected chi connectivity index (χ2v) is 2.59. The van der Waals surface area contributed by atoms with E-state index in [1.54, 1.807) is 6.07 Å². The summed E-state index contributed by atoms with van der Waals surface area (Å²) in [4.78, 5) is 0. The lowest BCUT2D eigenvalue weighted by Crippen LogP contribution is -1.85. The molecule has 0 amide bonds. The zero-order valence-corrected chi connectivity index (χ0v) is 6.27. The van der Waals surface area contributed by atoms with Crippen LogP contribution in [0.1, 0.15) is 9.68 Å². The van der Waals surface area contributed by atoms with Crippen LogP contribution in [0.15, 0.2) is 22.7 Å². The molecule has 1 aromatic rings. The van der Waals surface area contributed by atoms with Crippen molar-refractivity contribution in [2.45, 2.75) is 6.85 Å². The molecule has 0 saturated heterocycles. The van der Waals surface area contributed by atoms with E-state index >= 15 is 0 Å². The fourth-order valence-corrected chi connectivity index (χ4v) is 0.906. The normalized spacial score (nSPS) is 15.9. The summed E-state index contributed by atoms with van der Waals surface area (Å²) >= 11 is 3.16. The number of nitrogen functional groups attached to an aromatic ring is 1. The predicted molar refractivity (Wildman–Crippen MR) is 43.3 cm³/mol. The van der Waals surface area contributed by atoms with Gasteiger partial charge >= 0.3 is 0 Å². The summed E-state index contributed by atoms with van der Waals surface area (Å²) in [6.07, 6.45) is 0. The molecule has 1 aromatic carbocycles. The highest BCUT2D eigenvalue weighted by Gasteiger charge is 1.91. The van der Waals surface area contributed by atoms with Gasteiger partial charge in [-0.2, -0.15) is 0 Å². The number of hydrogen-bond acceptors (Lipinski definition) is 1. The van der Waals surface area contributed by atoms with Gasteiger partial charge in [0.05, 0.1) is 0 Å². The van der Waals surface area contributed by atoms with Crippen molar-refractivity contribution in [1.82, 2.24) is 0 Å². The molecule has 0 aromatic heterocycles. The Bertz CT molecular complexity index is 295. The Morgan fingerprint density at radius 1 is 1.67 bits per heavy atom. The van der Waals surface area contributed by atoms with Crippen LogP contribution < -0.4 is 5.73 Å². The van der Waals surface area contributed by atoms with Gasteiger partial charge in [0, 0.05) is 14.3 Å². The van der Waals surface area contributed by atoms with Crippen molar-refractivity contribution in [1.29, 1.82) is 0 Å². The van der Waals surface area contributed by atoms with E-state index in [4.69, 9.17) is 9.85 Å². The van der Waals surface area contributed by atoms with Crippen LogP contribution >= 0.6 is 15.9 Å². The van der Waals surface area contributed by atoms with Crippen molar-refractivity contribution >= 4 is 21.6 Å². The first-order valence-corrected chi connectivity index (χ1v) is 3.26. The number of hydrogen-bond donors (Lipinski definition) is 1. The van der Waals surface area contributed by atoms with Crippen LogP contribution in [0.5, 0.6) is 0 Å². The van der Waals surface area contributed by atoms with E-state index in [0.717, 1.165) is 0 Å². The molecule has 48 valence electrons. The zero-order chi connectivity index (χ0) is 9.35. The largest absolute Gasteiger partial charge is 0.398 e. The zero-order valence-electron chi connectivity index (χ0n) is 7.69. The Kier molecular flexibility index (Phi) is 0.962. The van der Waals surface area contributed by atoms with Gasteiger partial charge in [0.1, 0.15) is 0 Å². The average Bonchev–Trinajstić information content (AvgIpc) is 1.92. The predicted octanol–water partition coefficient (Wildman–Crippen LogP) is 2.34. The third-order valence-corrected chi connectivity index (χ3v) is 1.69. The van der Waals surface area contributed by atoms with E-state index in [1.165, 1.54) is 12.1 Å². The topological polar surface area (TPSA) is 26.0 Å². The monoisotopic (exact) mass is 188 g/mol. The number of nitrogens with two attached hydrogens (primary N) is 1. The van der Waals surface area contributed by atoms with Gasteiger partial charge in [0.2, 0.25) is 0 Å². The molecule has 0 fully saturated rings.